The minimum absolute atomic E-state index is 0.187. The van der Waals surface area contributed by atoms with Crippen molar-refractivity contribution in [3.05, 3.63) is 29.8 Å². The molecule has 1 fully saturated rings. The van der Waals surface area contributed by atoms with Crippen LogP contribution in [0.3, 0.4) is 0 Å². The Bertz CT molecular complexity index is 422. The maximum atomic E-state index is 13.8. The standard InChI is InChI=1S/C14H20F2N2/c1-9-10(2)18(7-6-13(9)17-3)14-8-11(15)4-5-12(14)16/h4-5,8-10,13,17H,6-7H2,1-3H3. The zero-order chi connectivity index (χ0) is 13.3. The van der Waals surface area contributed by atoms with Crippen molar-refractivity contribution >= 4 is 5.69 Å². The minimum Gasteiger partial charge on any atom is -0.366 e. The molecule has 2 rings (SSSR count). The summed E-state index contributed by atoms with van der Waals surface area (Å²) in [5.74, 6) is -0.341. The highest BCUT2D eigenvalue weighted by molar-refractivity contribution is 5.49. The van der Waals surface area contributed by atoms with Crippen LogP contribution in [-0.4, -0.2) is 25.7 Å². The van der Waals surface area contributed by atoms with Gasteiger partial charge in [-0.3, -0.25) is 0 Å². The normalized spacial score (nSPS) is 28.5. The zero-order valence-corrected chi connectivity index (χ0v) is 11.1. The van der Waals surface area contributed by atoms with E-state index in [0.29, 0.717) is 17.6 Å². The van der Waals surface area contributed by atoms with Crippen molar-refractivity contribution in [2.24, 2.45) is 5.92 Å². The third-order valence-corrected chi connectivity index (χ3v) is 4.16. The fraction of sp³-hybridized carbons (Fsp3) is 0.571. The lowest BCUT2D eigenvalue weighted by atomic mass is 9.86. The van der Waals surface area contributed by atoms with Crippen LogP contribution in [-0.2, 0) is 0 Å². The molecule has 0 aromatic heterocycles. The van der Waals surface area contributed by atoms with Crippen molar-refractivity contribution in [2.75, 3.05) is 18.5 Å². The molecule has 1 aromatic carbocycles. The summed E-state index contributed by atoms with van der Waals surface area (Å²) in [6.45, 7) is 4.96. The third-order valence-electron chi connectivity index (χ3n) is 4.16. The summed E-state index contributed by atoms with van der Waals surface area (Å²) < 4.78 is 27.1. The van der Waals surface area contributed by atoms with Crippen molar-refractivity contribution in [1.82, 2.24) is 5.32 Å². The molecular weight excluding hydrogens is 234 g/mol. The van der Waals surface area contributed by atoms with Crippen LogP contribution in [0, 0.1) is 17.6 Å². The highest BCUT2D eigenvalue weighted by Crippen LogP contribution is 2.30. The molecule has 4 heteroatoms. The monoisotopic (exact) mass is 254 g/mol. The van der Waals surface area contributed by atoms with E-state index in [-0.39, 0.29) is 17.7 Å². The average Bonchev–Trinajstić information content (AvgIpc) is 2.36. The Morgan fingerprint density at radius 1 is 1.28 bits per heavy atom. The van der Waals surface area contributed by atoms with Gasteiger partial charge in [-0.05, 0) is 38.4 Å². The predicted molar refractivity (Wildman–Crippen MR) is 69.8 cm³/mol. The molecule has 0 aliphatic carbocycles. The van der Waals surface area contributed by atoms with E-state index < -0.39 is 0 Å². The van der Waals surface area contributed by atoms with Crippen molar-refractivity contribution in [1.29, 1.82) is 0 Å². The molecule has 1 aliphatic heterocycles. The van der Waals surface area contributed by atoms with E-state index in [9.17, 15) is 8.78 Å². The Kier molecular flexibility index (Phi) is 3.85. The summed E-state index contributed by atoms with van der Waals surface area (Å²) in [6, 6.07) is 4.28. The zero-order valence-electron chi connectivity index (χ0n) is 11.1. The Hall–Kier alpha value is -1.16. The first-order valence-corrected chi connectivity index (χ1v) is 6.43. The van der Waals surface area contributed by atoms with Gasteiger partial charge >= 0.3 is 0 Å². The molecule has 3 unspecified atom stereocenters. The van der Waals surface area contributed by atoms with Gasteiger partial charge in [0.15, 0.2) is 0 Å². The van der Waals surface area contributed by atoms with Crippen LogP contribution < -0.4 is 10.2 Å². The molecule has 0 bridgehead atoms. The molecule has 0 radical (unpaired) electrons. The van der Waals surface area contributed by atoms with E-state index in [1.165, 1.54) is 12.1 Å². The maximum absolute atomic E-state index is 13.8. The lowest BCUT2D eigenvalue weighted by molar-refractivity contribution is 0.281. The number of rotatable bonds is 2. The van der Waals surface area contributed by atoms with E-state index in [1.807, 2.05) is 11.9 Å². The summed E-state index contributed by atoms with van der Waals surface area (Å²) in [7, 11) is 1.95. The first-order valence-electron chi connectivity index (χ1n) is 6.43. The Balaban J connectivity index is 2.26. The smallest absolute Gasteiger partial charge is 0.146 e. The molecule has 1 N–H and O–H groups in total. The predicted octanol–water partition coefficient (Wildman–Crippen LogP) is 2.79. The van der Waals surface area contributed by atoms with Gasteiger partial charge in [0.05, 0.1) is 5.69 Å². The SMILES string of the molecule is CNC1CCN(c2cc(F)ccc2F)C(C)C1C. The molecule has 0 saturated carbocycles. The van der Waals surface area contributed by atoms with Gasteiger partial charge in [-0.1, -0.05) is 6.92 Å². The van der Waals surface area contributed by atoms with Gasteiger partial charge in [-0.15, -0.1) is 0 Å². The number of hydrogen-bond acceptors (Lipinski definition) is 2. The lowest BCUT2D eigenvalue weighted by Gasteiger charge is -2.44. The molecule has 1 aliphatic rings. The molecule has 1 saturated heterocycles. The van der Waals surface area contributed by atoms with Crippen molar-refractivity contribution in [3.63, 3.8) is 0 Å². The van der Waals surface area contributed by atoms with Crippen molar-refractivity contribution in [3.8, 4) is 0 Å². The summed E-state index contributed by atoms with van der Waals surface area (Å²) in [5, 5.41) is 3.29. The van der Waals surface area contributed by atoms with E-state index >= 15 is 0 Å². The molecule has 1 heterocycles. The second kappa shape index (κ2) is 5.22. The van der Waals surface area contributed by atoms with Crippen LogP contribution in [0.4, 0.5) is 14.5 Å². The van der Waals surface area contributed by atoms with Gasteiger partial charge < -0.3 is 10.2 Å². The number of anilines is 1. The quantitative estimate of drug-likeness (QED) is 0.873. The number of piperidine rings is 1. The van der Waals surface area contributed by atoms with Gasteiger partial charge in [0.1, 0.15) is 11.6 Å². The molecular formula is C14H20F2N2. The minimum atomic E-state index is -0.387. The van der Waals surface area contributed by atoms with E-state index in [0.717, 1.165) is 19.0 Å². The average molecular weight is 254 g/mol. The summed E-state index contributed by atoms with van der Waals surface area (Å²) in [6.07, 6.45) is 0.942. The van der Waals surface area contributed by atoms with E-state index in [4.69, 9.17) is 0 Å². The van der Waals surface area contributed by atoms with Crippen LogP contribution in [0.15, 0.2) is 18.2 Å². The fourth-order valence-corrected chi connectivity index (χ4v) is 2.82. The molecule has 1 aromatic rings. The van der Waals surface area contributed by atoms with Crippen molar-refractivity contribution < 1.29 is 8.78 Å². The van der Waals surface area contributed by atoms with Crippen molar-refractivity contribution in [2.45, 2.75) is 32.4 Å². The third kappa shape index (κ3) is 2.34. The number of hydrogen-bond donors (Lipinski definition) is 1. The van der Waals surface area contributed by atoms with E-state index in [2.05, 4.69) is 19.2 Å². The molecule has 0 amide bonds. The second-order valence-corrected chi connectivity index (χ2v) is 5.07. The number of benzene rings is 1. The summed E-state index contributed by atoms with van der Waals surface area (Å²) in [5.41, 5.74) is 0.379. The van der Waals surface area contributed by atoms with Gasteiger partial charge in [0.25, 0.3) is 0 Å². The molecule has 2 nitrogen and oxygen atoms in total. The maximum Gasteiger partial charge on any atom is 0.146 e. The summed E-state index contributed by atoms with van der Waals surface area (Å²) in [4.78, 5) is 1.97. The second-order valence-electron chi connectivity index (χ2n) is 5.07. The molecule has 0 spiro atoms. The Labute approximate surface area is 107 Å². The first kappa shape index (κ1) is 13.3. The van der Waals surface area contributed by atoms with Crippen LogP contribution >= 0.6 is 0 Å². The van der Waals surface area contributed by atoms with Crippen LogP contribution in [0.1, 0.15) is 20.3 Å². The highest BCUT2D eigenvalue weighted by atomic mass is 19.1. The lowest BCUT2D eigenvalue weighted by Crippen LogP contribution is -2.53. The van der Waals surface area contributed by atoms with Gasteiger partial charge in [0, 0.05) is 24.7 Å². The van der Waals surface area contributed by atoms with Crippen LogP contribution in [0.25, 0.3) is 0 Å². The van der Waals surface area contributed by atoms with Gasteiger partial charge in [-0.25, -0.2) is 8.78 Å². The van der Waals surface area contributed by atoms with Crippen LogP contribution in [0.2, 0.25) is 0 Å². The summed E-state index contributed by atoms with van der Waals surface area (Å²) >= 11 is 0. The molecule has 3 atom stereocenters. The van der Waals surface area contributed by atoms with Gasteiger partial charge in [-0.2, -0.15) is 0 Å². The first-order chi connectivity index (χ1) is 8.54. The number of halogens is 2. The molecule has 18 heavy (non-hydrogen) atoms. The van der Waals surface area contributed by atoms with E-state index in [1.54, 1.807) is 0 Å². The van der Waals surface area contributed by atoms with Crippen LogP contribution in [0.5, 0.6) is 0 Å². The Morgan fingerprint density at radius 3 is 2.67 bits per heavy atom. The molecule has 100 valence electrons. The number of nitrogens with zero attached hydrogens (tertiary/aromatic N) is 1. The number of nitrogens with one attached hydrogen (secondary N) is 1. The largest absolute Gasteiger partial charge is 0.366 e. The Morgan fingerprint density at radius 2 is 2.00 bits per heavy atom. The highest BCUT2D eigenvalue weighted by Gasteiger charge is 2.32. The topological polar surface area (TPSA) is 15.3 Å². The fourth-order valence-electron chi connectivity index (χ4n) is 2.82. The van der Waals surface area contributed by atoms with Gasteiger partial charge in [0.2, 0.25) is 0 Å².